The summed E-state index contributed by atoms with van der Waals surface area (Å²) in [6.45, 7) is 5.62. The zero-order valence-electron chi connectivity index (χ0n) is 11.9. The van der Waals surface area contributed by atoms with E-state index in [0.717, 1.165) is 0 Å². The largest absolute Gasteiger partial charge is 0.467 e. The van der Waals surface area contributed by atoms with Crippen molar-refractivity contribution in [1.82, 2.24) is 9.97 Å². The van der Waals surface area contributed by atoms with Gasteiger partial charge >= 0.3 is 5.97 Å². The third-order valence-corrected chi connectivity index (χ3v) is 2.92. The maximum Gasteiger partial charge on any atom is 0.328 e. The lowest BCUT2D eigenvalue weighted by Crippen LogP contribution is -2.33. The molecule has 0 fully saturated rings. The first kappa shape index (κ1) is 16.4. The molecule has 0 amide bonds. The van der Waals surface area contributed by atoms with E-state index in [4.69, 9.17) is 16.3 Å². The number of anilines is 1. The molecule has 7 heteroatoms. The van der Waals surface area contributed by atoms with Crippen LogP contribution in [0.15, 0.2) is 0 Å². The van der Waals surface area contributed by atoms with E-state index in [9.17, 15) is 9.59 Å². The Morgan fingerprint density at radius 1 is 1.45 bits per heavy atom. The average Bonchev–Trinajstić information content (AvgIpc) is 2.36. The molecule has 1 atom stereocenters. The fraction of sp³-hybridized carbons (Fsp3) is 0.538. The summed E-state index contributed by atoms with van der Waals surface area (Å²) in [7, 11) is 1.32. The first-order chi connectivity index (χ1) is 9.38. The molecule has 20 heavy (non-hydrogen) atoms. The van der Waals surface area contributed by atoms with E-state index in [-0.39, 0.29) is 22.5 Å². The van der Waals surface area contributed by atoms with Crippen molar-refractivity contribution in [2.75, 3.05) is 12.4 Å². The van der Waals surface area contributed by atoms with Crippen molar-refractivity contribution in [3.05, 3.63) is 16.5 Å². The van der Waals surface area contributed by atoms with Crippen molar-refractivity contribution < 1.29 is 14.3 Å². The van der Waals surface area contributed by atoms with Gasteiger partial charge in [0.25, 0.3) is 0 Å². The third-order valence-electron chi connectivity index (χ3n) is 2.63. The van der Waals surface area contributed by atoms with Crippen molar-refractivity contribution in [2.24, 2.45) is 5.92 Å². The summed E-state index contributed by atoms with van der Waals surface area (Å²) in [6.07, 6.45) is 1.11. The maximum atomic E-state index is 11.8. The van der Waals surface area contributed by atoms with Crippen LogP contribution < -0.4 is 5.32 Å². The van der Waals surface area contributed by atoms with Crippen LogP contribution in [0.25, 0.3) is 0 Å². The Bertz CT molecular complexity index is 506. The Morgan fingerprint density at radius 2 is 2.10 bits per heavy atom. The Morgan fingerprint density at radius 3 is 2.60 bits per heavy atom. The van der Waals surface area contributed by atoms with Crippen LogP contribution >= 0.6 is 11.6 Å². The van der Waals surface area contributed by atoms with Gasteiger partial charge in [0, 0.05) is 0 Å². The number of aryl methyl sites for hydroxylation is 1. The number of nitrogens with zero attached hydrogens (tertiary/aromatic N) is 2. The molecule has 0 spiro atoms. The molecular weight excluding hydrogens is 282 g/mol. The van der Waals surface area contributed by atoms with E-state index < -0.39 is 12.0 Å². The van der Waals surface area contributed by atoms with Crippen LogP contribution in [0.1, 0.15) is 36.5 Å². The summed E-state index contributed by atoms with van der Waals surface area (Å²) >= 11 is 5.90. The lowest BCUT2D eigenvalue weighted by Gasteiger charge is -2.20. The number of hydrogen-bond donors (Lipinski definition) is 1. The summed E-state index contributed by atoms with van der Waals surface area (Å²) in [4.78, 5) is 30.9. The summed E-state index contributed by atoms with van der Waals surface area (Å²) in [5, 5.41) is 2.98. The van der Waals surface area contributed by atoms with Crippen LogP contribution in [0, 0.1) is 12.8 Å². The molecule has 6 nitrogen and oxygen atoms in total. The van der Waals surface area contributed by atoms with Gasteiger partial charge in [0.1, 0.15) is 22.8 Å². The van der Waals surface area contributed by atoms with Crippen molar-refractivity contribution in [3.63, 3.8) is 0 Å². The molecule has 1 aromatic rings. The molecule has 0 aliphatic heterocycles. The fourth-order valence-corrected chi connectivity index (χ4v) is 2.01. The Kier molecular flexibility index (Phi) is 5.88. The Labute approximate surface area is 122 Å². The molecular formula is C13H18ClN3O3. The van der Waals surface area contributed by atoms with Gasteiger partial charge in [-0.3, -0.25) is 4.79 Å². The number of aldehydes is 1. The molecule has 0 saturated carbocycles. The molecule has 0 bridgehead atoms. The molecule has 0 saturated heterocycles. The monoisotopic (exact) mass is 299 g/mol. The standard InChI is InChI=1S/C13H18ClN3O3/c1-7(2)5-10(13(19)20-4)17-12-9(6-18)11(14)15-8(3)16-12/h6-7,10H,5H2,1-4H3,(H,15,16,17). The molecule has 1 heterocycles. The molecule has 0 aliphatic carbocycles. The predicted octanol–water partition coefficient (Wildman–Crippen LogP) is 2.25. The maximum absolute atomic E-state index is 11.8. The number of esters is 1. The molecule has 1 N–H and O–H groups in total. The van der Waals surface area contributed by atoms with Gasteiger partial charge in [0.2, 0.25) is 0 Å². The first-order valence-corrected chi connectivity index (χ1v) is 6.60. The van der Waals surface area contributed by atoms with Gasteiger partial charge in [0.15, 0.2) is 6.29 Å². The van der Waals surface area contributed by atoms with E-state index >= 15 is 0 Å². The Hall–Kier alpha value is -1.69. The number of carbonyl (C=O) groups is 2. The lowest BCUT2D eigenvalue weighted by molar-refractivity contribution is -0.141. The van der Waals surface area contributed by atoms with Gasteiger partial charge in [-0.2, -0.15) is 0 Å². The summed E-state index contributed by atoms with van der Waals surface area (Å²) in [6, 6.07) is -0.593. The zero-order chi connectivity index (χ0) is 15.3. The van der Waals surface area contributed by atoms with E-state index in [1.807, 2.05) is 13.8 Å². The summed E-state index contributed by atoms with van der Waals surface area (Å²) < 4.78 is 4.75. The topological polar surface area (TPSA) is 81.2 Å². The smallest absolute Gasteiger partial charge is 0.328 e. The SMILES string of the molecule is COC(=O)C(CC(C)C)Nc1nc(C)nc(Cl)c1C=O. The van der Waals surface area contributed by atoms with Gasteiger partial charge < -0.3 is 10.1 Å². The van der Waals surface area contributed by atoms with Crippen LogP contribution in [0.3, 0.4) is 0 Å². The van der Waals surface area contributed by atoms with Crippen LogP contribution in [-0.2, 0) is 9.53 Å². The van der Waals surface area contributed by atoms with Crippen molar-refractivity contribution in [3.8, 4) is 0 Å². The lowest BCUT2D eigenvalue weighted by atomic mass is 10.0. The second-order valence-corrected chi connectivity index (χ2v) is 5.15. The number of methoxy groups -OCH3 is 1. The van der Waals surface area contributed by atoms with Crippen LogP contribution in [0.2, 0.25) is 5.15 Å². The Balaban J connectivity index is 3.09. The quantitative estimate of drug-likeness (QED) is 0.493. The fourth-order valence-electron chi connectivity index (χ4n) is 1.75. The van der Waals surface area contributed by atoms with Crippen LogP contribution in [0.4, 0.5) is 5.82 Å². The predicted molar refractivity (Wildman–Crippen MR) is 76.0 cm³/mol. The number of nitrogens with one attached hydrogen (secondary N) is 1. The highest BCUT2D eigenvalue weighted by atomic mass is 35.5. The minimum atomic E-state index is -0.593. The van der Waals surface area contributed by atoms with Crippen molar-refractivity contribution >= 4 is 29.7 Å². The van der Waals surface area contributed by atoms with Gasteiger partial charge in [0.05, 0.1) is 12.7 Å². The zero-order valence-corrected chi connectivity index (χ0v) is 12.7. The molecule has 1 unspecified atom stereocenters. The second kappa shape index (κ2) is 7.19. The summed E-state index contributed by atoms with van der Waals surface area (Å²) in [5.74, 6) is 0.512. The molecule has 0 aliphatic rings. The van der Waals surface area contributed by atoms with Crippen molar-refractivity contribution in [1.29, 1.82) is 0 Å². The van der Waals surface area contributed by atoms with E-state index in [2.05, 4.69) is 15.3 Å². The minimum absolute atomic E-state index is 0.0585. The highest BCUT2D eigenvalue weighted by Crippen LogP contribution is 2.21. The molecule has 0 radical (unpaired) electrons. The molecule has 110 valence electrons. The number of hydrogen-bond acceptors (Lipinski definition) is 6. The number of ether oxygens (including phenoxy) is 1. The molecule has 1 aromatic heterocycles. The van der Waals surface area contributed by atoms with Gasteiger partial charge in [-0.1, -0.05) is 25.4 Å². The van der Waals surface area contributed by atoms with E-state index in [0.29, 0.717) is 18.5 Å². The average molecular weight is 300 g/mol. The van der Waals surface area contributed by atoms with Crippen LogP contribution in [-0.4, -0.2) is 35.4 Å². The number of carbonyl (C=O) groups excluding carboxylic acids is 2. The van der Waals surface area contributed by atoms with Gasteiger partial charge in [-0.15, -0.1) is 0 Å². The number of aromatic nitrogens is 2. The molecule has 1 rings (SSSR count). The number of halogens is 1. The van der Waals surface area contributed by atoms with Crippen LogP contribution in [0.5, 0.6) is 0 Å². The van der Waals surface area contributed by atoms with E-state index in [1.54, 1.807) is 6.92 Å². The van der Waals surface area contributed by atoms with Gasteiger partial charge in [-0.25, -0.2) is 14.8 Å². The first-order valence-electron chi connectivity index (χ1n) is 6.22. The highest BCUT2D eigenvalue weighted by molar-refractivity contribution is 6.32. The third kappa shape index (κ3) is 4.16. The number of rotatable bonds is 6. The van der Waals surface area contributed by atoms with Crippen molar-refractivity contribution in [2.45, 2.75) is 33.2 Å². The minimum Gasteiger partial charge on any atom is -0.467 e. The normalized spacial score (nSPS) is 12.1. The highest BCUT2D eigenvalue weighted by Gasteiger charge is 2.23. The molecule has 0 aromatic carbocycles. The van der Waals surface area contributed by atoms with Gasteiger partial charge in [-0.05, 0) is 19.3 Å². The summed E-state index contributed by atoms with van der Waals surface area (Å²) in [5.41, 5.74) is 0.134. The van der Waals surface area contributed by atoms with E-state index in [1.165, 1.54) is 7.11 Å². The second-order valence-electron chi connectivity index (χ2n) is 4.79.